The Morgan fingerprint density at radius 1 is 0.128 bits per heavy atom. The highest BCUT2D eigenvalue weighted by atomic mass is 28.3. The number of hydrogen-bond donors (Lipinski definition) is 0. The molecule has 0 aliphatic rings. The Kier molecular flexibility index (Phi) is 17.0. The van der Waals surface area contributed by atoms with Crippen molar-refractivity contribution < 1.29 is 0 Å². The first-order chi connectivity index (χ1) is 42.6. The van der Waals surface area contributed by atoms with Crippen molar-refractivity contribution >= 4 is 47.3 Å². The molecule has 0 nitrogen and oxygen atoms in total. The Labute approximate surface area is 508 Å². The molecule has 0 atom stereocenters. The van der Waals surface area contributed by atoms with Crippen molar-refractivity contribution in [2.75, 3.05) is 0 Å². The van der Waals surface area contributed by atoms with E-state index in [-0.39, 0.29) is 0 Å². The van der Waals surface area contributed by atoms with Gasteiger partial charge in [-0.1, -0.05) is 328 Å². The zero-order valence-electron chi connectivity index (χ0n) is 47.2. The van der Waals surface area contributed by atoms with Crippen LogP contribution in [0.1, 0.15) is 0 Å². The maximum absolute atomic E-state index is 3.84. The van der Waals surface area contributed by atoms with Crippen LogP contribution < -0.4 is 31.1 Å². The monoisotopic (exact) mass is 1120 g/mol. The first-order valence-electron chi connectivity index (χ1n) is 28.6. The highest BCUT2D eigenvalue weighted by Crippen LogP contribution is 2.26. The molecule has 0 saturated carbocycles. The molecular formula is C84H54Si2. The first kappa shape index (κ1) is 55.0. The zero-order valence-corrected chi connectivity index (χ0v) is 49.2. The summed E-state index contributed by atoms with van der Waals surface area (Å²) in [4.78, 5) is 0. The van der Waals surface area contributed by atoms with Gasteiger partial charge in [-0.15, -0.1) is 11.1 Å². The summed E-state index contributed by atoms with van der Waals surface area (Å²) in [5.41, 5.74) is 21.5. The van der Waals surface area contributed by atoms with E-state index in [9.17, 15) is 0 Å². The van der Waals surface area contributed by atoms with Gasteiger partial charge in [0.2, 0.25) is 16.1 Å². The predicted octanol–water partition coefficient (Wildman–Crippen LogP) is 14.4. The third-order valence-electron chi connectivity index (χ3n) is 15.6. The first-order valence-corrected chi connectivity index (χ1v) is 32.6. The Hall–Kier alpha value is -11.6. The van der Waals surface area contributed by atoms with Crippen LogP contribution in [0.15, 0.2) is 328 Å². The molecule has 12 aromatic carbocycles. The summed E-state index contributed by atoms with van der Waals surface area (Å²) >= 11 is 0. The van der Waals surface area contributed by atoms with Crippen molar-refractivity contribution in [1.29, 1.82) is 0 Å². The van der Waals surface area contributed by atoms with Crippen LogP contribution in [-0.2, 0) is 0 Å². The Morgan fingerprint density at radius 3 is 0.407 bits per heavy atom. The van der Waals surface area contributed by atoms with E-state index in [4.69, 9.17) is 0 Å². The molecule has 0 spiro atoms. The molecule has 0 fully saturated rings. The summed E-state index contributed by atoms with van der Waals surface area (Å²) in [7, 11) is -6.17. The van der Waals surface area contributed by atoms with Crippen molar-refractivity contribution in [3.63, 3.8) is 0 Å². The fourth-order valence-electron chi connectivity index (χ4n) is 11.2. The van der Waals surface area contributed by atoms with E-state index in [1.165, 1.54) is 0 Å². The van der Waals surface area contributed by atoms with Gasteiger partial charge in [-0.3, -0.25) is 0 Å². The van der Waals surface area contributed by atoms with Gasteiger partial charge in [-0.25, -0.2) is 0 Å². The lowest BCUT2D eigenvalue weighted by molar-refractivity contribution is 1.61. The molecule has 0 bridgehead atoms. The van der Waals surface area contributed by atoms with Gasteiger partial charge in [0.05, 0.1) is 0 Å². The highest BCUT2D eigenvalue weighted by molar-refractivity contribution is 7.17. The van der Waals surface area contributed by atoms with Crippen molar-refractivity contribution in [3.05, 3.63) is 328 Å². The van der Waals surface area contributed by atoms with Gasteiger partial charge in [0.25, 0.3) is 0 Å². The van der Waals surface area contributed by atoms with E-state index in [0.29, 0.717) is 0 Å². The minimum Gasteiger partial charge on any atom is -0.100 e. The topological polar surface area (TPSA) is 0 Å². The smallest absolute Gasteiger partial charge is 0.100 e. The molecule has 0 saturated heterocycles. The zero-order chi connectivity index (χ0) is 58.1. The molecule has 0 unspecified atom stereocenters. The third-order valence-corrected chi connectivity index (χ3v) is 23.8. The van der Waals surface area contributed by atoms with Crippen molar-refractivity contribution in [1.82, 2.24) is 0 Å². The maximum atomic E-state index is 3.84. The molecule has 0 heterocycles. The molecule has 12 aromatic rings. The summed E-state index contributed by atoms with van der Waals surface area (Å²) in [6.07, 6.45) is 0. The minimum absolute atomic E-state index is 1.15. The maximum Gasteiger partial charge on any atom is 0.231 e. The molecule has 398 valence electrons. The van der Waals surface area contributed by atoms with Gasteiger partial charge >= 0.3 is 0 Å². The predicted molar refractivity (Wildman–Crippen MR) is 367 cm³/mol. The Balaban J connectivity index is 0.897. The lowest BCUT2D eigenvalue weighted by Gasteiger charge is -2.28. The van der Waals surface area contributed by atoms with Crippen molar-refractivity contribution in [2.45, 2.75) is 0 Å². The fourth-order valence-corrected chi connectivity index (χ4v) is 18.6. The molecule has 0 N–H and O–H groups in total. The van der Waals surface area contributed by atoms with Crippen LogP contribution in [0.5, 0.6) is 0 Å². The van der Waals surface area contributed by atoms with E-state index >= 15 is 0 Å². The number of hydrogen-bond acceptors (Lipinski definition) is 0. The van der Waals surface area contributed by atoms with Crippen LogP contribution in [0.3, 0.4) is 0 Å². The molecular weight excluding hydrogens is 1070 g/mol. The standard InChI is InChI=1S/C84H54Si2/c1(3-5-7-27-65-85(79-53-41-73(42-54-79)67-29-15-9-16-30-67,80-55-43-74(44-56-80)68-31-17-10-18-32-68)81-57-45-75(46-58-81)69-33-19-11-20-34-69)2-4-6-8-28-66-86(82-59-47-76(48-60-82)70-35-21-12-22-36-70,83-61-49-77(50-62-83)71-37-23-13-24-38-71)84-63-51-78(52-64-84)72-39-25-14-26-40-72/h9-26,29-64H. The summed E-state index contributed by atoms with van der Waals surface area (Å²) < 4.78 is 0. The summed E-state index contributed by atoms with van der Waals surface area (Å²) in [5, 5.41) is 6.96. The quantitative estimate of drug-likeness (QED) is 0.0650. The lowest BCUT2D eigenvalue weighted by atomic mass is 10.1. The van der Waals surface area contributed by atoms with Crippen molar-refractivity contribution in [2.24, 2.45) is 0 Å². The van der Waals surface area contributed by atoms with Gasteiger partial charge < -0.3 is 0 Å². The Bertz CT molecular complexity index is 3950. The molecule has 0 aromatic heterocycles. The summed E-state index contributed by atoms with van der Waals surface area (Å²) in [6.45, 7) is 0. The molecule has 0 radical (unpaired) electrons. The van der Waals surface area contributed by atoms with E-state index in [1.807, 2.05) is 36.4 Å². The van der Waals surface area contributed by atoms with Crippen LogP contribution in [-0.4, -0.2) is 16.1 Å². The second-order valence-corrected chi connectivity index (χ2v) is 27.6. The highest BCUT2D eigenvalue weighted by Gasteiger charge is 2.40. The SMILES string of the molecule is C(C#CC#CC#C[Si](c1ccc(-c2ccccc2)cc1)(c1ccc(-c2ccccc2)cc1)c1ccc(-c2ccccc2)cc1)#CC#CC#C[Si](c1ccc(-c2ccccc2)cc1)(c1ccc(-c2ccccc2)cc1)c1ccc(-c2ccccc2)cc1. The molecule has 2 heteroatoms. The second-order valence-electron chi connectivity index (χ2n) is 20.7. The average Bonchev–Trinajstić information content (AvgIpc) is 1.64. The van der Waals surface area contributed by atoms with E-state index < -0.39 is 16.1 Å². The normalized spacial score (nSPS) is 10.5. The van der Waals surface area contributed by atoms with Gasteiger partial charge in [-0.05, 0) is 157 Å². The van der Waals surface area contributed by atoms with Crippen molar-refractivity contribution in [3.8, 4) is 137 Å². The van der Waals surface area contributed by atoms with E-state index in [0.717, 1.165) is 97.9 Å². The minimum atomic E-state index is -3.09. The third kappa shape index (κ3) is 12.3. The molecule has 0 amide bonds. The second kappa shape index (κ2) is 26.6. The summed E-state index contributed by atoms with van der Waals surface area (Å²) in [5.74, 6) is 30.5. The lowest BCUT2D eigenvalue weighted by Crippen LogP contribution is -2.66. The number of rotatable bonds is 12. The molecule has 0 aliphatic carbocycles. The van der Waals surface area contributed by atoms with Crippen LogP contribution >= 0.6 is 0 Å². The Morgan fingerprint density at radius 2 is 0.256 bits per heavy atom. The van der Waals surface area contributed by atoms with Gasteiger partial charge in [0.15, 0.2) is 0 Å². The van der Waals surface area contributed by atoms with E-state index in [1.54, 1.807) is 0 Å². The van der Waals surface area contributed by atoms with Gasteiger partial charge in [0.1, 0.15) is 0 Å². The van der Waals surface area contributed by atoms with Crippen LogP contribution in [0.25, 0.3) is 66.8 Å². The van der Waals surface area contributed by atoms with Crippen LogP contribution in [0.4, 0.5) is 0 Å². The van der Waals surface area contributed by atoms with Gasteiger partial charge in [-0.2, -0.15) is 0 Å². The van der Waals surface area contributed by atoms with Gasteiger partial charge in [0, 0.05) is 0 Å². The van der Waals surface area contributed by atoms with E-state index in [2.05, 4.69) is 361 Å². The average molecular weight is 1120 g/mol. The number of benzene rings is 12. The largest absolute Gasteiger partial charge is 0.231 e. The molecule has 12 rings (SSSR count). The fraction of sp³-hybridized carbons (Fsp3) is 0. The molecule has 0 aliphatic heterocycles. The summed E-state index contributed by atoms with van der Waals surface area (Å²) in [6, 6.07) is 117. The molecule has 86 heavy (non-hydrogen) atoms. The van der Waals surface area contributed by atoms with Crippen LogP contribution in [0, 0.1) is 70.3 Å². The van der Waals surface area contributed by atoms with Crippen LogP contribution in [0.2, 0.25) is 0 Å².